The van der Waals surface area contributed by atoms with Crippen molar-refractivity contribution < 1.29 is 32.2 Å². The molecule has 0 aromatic heterocycles. The lowest BCUT2D eigenvalue weighted by atomic mass is 10.1. The van der Waals surface area contributed by atoms with Gasteiger partial charge in [-0.15, -0.1) is 0 Å². The van der Waals surface area contributed by atoms with Crippen molar-refractivity contribution in [2.24, 2.45) is 0 Å². The maximum absolute atomic E-state index is 12.7. The van der Waals surface area contributed by atoms with Gasteiger partial charge in [-0.05, 0) is 42.8 Å². The van der Waals surface area contributed by atoms with E-state index < -0.39 is 23.6 Å². The zero-order valence-electron chi connectivity index (χ0n) is 14.8. The summed E-state index contributed by atoms with van der Waals surface area (Å²) in [5, 5.41) is 3.28. The molecule has 0 atom stereocenters. The Bertz CT molecular complexity index is 838. The van der Waals surface area contributed by atoms with E-state index in [9.17, 15) is 22.8 Å². The van der Waals surface area contributed by atoms with Crippen LogP contribution in [0.3, 0.4) is 0 Å². The molecule has 150 valence electrons. The van der Waals surface area contributed by atoms with Crippen LogP contribution in [-0.2, 0) is 10.9 Å². The summed E-state index contributed by atoms with van der Waals surface area (Å²) in [5.74, 6) is -0.914. The Morgan fingerprint density at radius 3 is 2.36 bits per heavy atom. The predicted molar refractivity (Wildman–Crippen MR) is 101 cm³/mol. The molecule has 2 aromatic carbocycles. The lowest BCUT2D eigenvalue weighted by Crippen LogP contribution is -2.16. The van der Waals surface area contributed by atoms with E-state index >= 15 is 0 Å². The highest BCUT2D eigenvalue weighted by Crippen LogP contribution is 2.29. The molecule has 0 aliphatic heterocycles. The van der Waals surface area contributed by atoms with Crippen LogP contribution in [0.2, 0.25) is 0 Å². The van der Waals surface area contributed by atoms with Gasteiger partial charge in [-0.3, -0.25) is 4.79 Å². The Morgan fingerprint density at radius 1 is 1.11 bits per heavy atom. The number of amides is 1. The normalized spacial score (nSPS) is 11.0. The van der Waals surface area contributed by atoms with Crippen LogP contribution in [0, 0.1) is 0 Å². The molecular weight excluding hydrogens is 443 g/mol. The van der Waals surface area contributed by atoms with Gasteiger partial charge in [0.25, 0.3) is 5.91 Å². The third-order valence-electron chi connectivity index (χ3n) is 3.67. The van der Waals surface area contributed by atoms with E-state index in [1.165, 1.54) is 19.2 Å². The number of rotatable bonds is 7. The largest absolute Gasteiger partial charge is 0.493 e. The molecule has 5 nitrogen and oxygen atoms in total. The Balaban J connectivity index is 2.25. The van der Waals surface area contributed by atoms with Crippen LogP contribution in [0.5, 0.6) is 5.75 Å². The Kier molecular flexibility index (Phi) is 7.45. The number of anilines is 1. The molecule has 0 saturated carbocycles. The third-order valence-corrected chi connectivity index (χ3v) is 4.23. The molecule has 2 rings (SSSR count). The first kappa shape index (κ1) is 21.7. The van der Waals surface area contributed by atoms with Crippen LogP contribution in [-0.4, -0.2) is 30.9 Å². The quantitative estimate of drug-likeness (QED) is 0.363. The van der Waals surface area contributed by atoms with Crippen molar-refractivity contribution >= 4 is 33.5 Å². The number of benzene rings is 2. The second-order valence-electron chi connectivity index (χ2n) is 5.62. The molecule has 28 heavy (non-hydrogen) atoms. The van der Waals surface area contributed by atoms with Gasteiger partial charge in [0.2, 0.25) is 0 Å². The lowest BCUT2D eigenvalue weighted by Gasteiger charge is -2.13. The average Bonchev–Trinajstić information content (AvgIpc) is 2.67. The summed E-state index contributed by atoms with van der Waals surface area (Å²) >= 11 is 3.28. The van der Waals surface area contributed by atoms with Gasteiger partial charge in [-0.25, -0.2) is 4.79 Å². The minimum absolute atomic E-state index is 0.00873. The van der Waals surface area contributed by atoms with Gasteiger partial charge in [0.1, 0.15) is 5.75 Å². The number of carbonyl (C=O) groups is 2. The van der Waals surface area contributed by atoms with E-state index in [1.807, 2.05) is 0 Å². The van der Waals surface area contributed by atoms with Crippen molar-refractivity contribution in [3.8, 4) is 5.75 Å². The number of methoxy groups -OCH3 is 1. The van der Waals surface area contributed by atoms with Crippen molar-refractivity contribution in [1.82, 2.24) is 0 Å². The first-order valence-corrected chi connectivity index (χ1v) is 9.28. The van der Waals surface area contributed by atoms with Crippen LogP contribution in [0.25, 0.3) is 0 Å². The number of nitrogens with one attached hydrogen (secondary N) is 1. The van der Waals surface area contributed by atoms with Gasteiger partial charge in [0.15, 0.2) is 0 Å². The highest BCUT2D eigenvalue weighted by Gasteiger charge is 2.30. The molecule has 0 spiro atoms. The van der Waals surface area contributed by atoms with Gasteiger partial charge in [-0.1, -0.05) is 15.9 Å². The number of alkyl halides is 4. The van der Waals surface area contributed by atoms with E-state index in [0.29, 0.717) is 12.4 Å². The number of ether oxygens (including phenoxy) is 2. The maximum atomic E-state index is 12.7. The molecule has 0 radical (unpaired) electrons. The number of esters is 1. The molecule has 0 aliphatic rings. The van der Waals surface area contributed by atoms with Gasteiger partial charge in [0.05, 0.1) is 30.5 Å². The lowest BCUT2D eigenvalue weighted by molar-refractivity contribution is -0.137. The van der Waals surface area contributed by atoms with Crippen molar-refractivity contribution in [3.05, 3.63) is 59.2 Å². The summed E-state index contributed by atoms with van der Waals surface area (Å²) in [7, 11) is 1.20. The Hall–Kier alpha value is -2.55. The first-order valence-electron chi connectivity index (χ1n) is 8.16. The fourth-order valence-corrected chi connectivity index (χ4v) is 2.48. The summed E-state index contributed by atoms with van der Waals surface area (Å²) in [6, 6.07) is 8.22. The highest BCUT2D eigenvalue weighted by molar-refractivity contribution is 9.09. The molecule has 0 fully saturated rings. The van der Waals surface area contributed by atoms with Crippen molar-refractivity contribution in [2.75, 3.05) is 24.4 Å². The standard InChI is InChI=1S/C19H17BrF3NO4/c1-27-18(26)15-8-7-14(28-10-2-9-20)11-16(15)24-17(25)12-3-5-13(6-4-12)19(21,22)23/h3-8,11H,2,9-10H2,1H3,(H,24,25). The fourth-order valence-electron chi connectivity index (χ4n) is 2.25. The number of halogens is 4. The van der Waals surface area contributed by atoms with E-state index in [1.54, 1.807) is 6.07 Å². The Morgan fingerprint density at radius 2 is 1.79 bits per heavy atom. The van der Waals surface area contributed by atoms with E-state index in [-0.39, 0.29) is 16.8 Å². The molecule has 2 aromatic rings. The summed E-state index contributed by atoms with van der Waals surface area (Å²) in [4.78, 5) is 24.4. The van der Waals surface area contributed by atoms with Crippen LogP contribution in [0.4, 0.5) is 18.9 Å². The van der Waals surface area contributed by atoms with Crippen molar-refractivity contribution in [3.63, 3.8) is 0 Å². The van der Waals surface area contributed by atoms with Crippen LogP contribution < -0.4 is 10.1 Å². The van der Waals surface area contributed by atoms with Gasteiger partial charge < -0.3 is 14.8 Å². The van der Waals surface area contributed by atoms with Crippen LogP contribution in [0.1, 0.15) is 32.7 Å². The summed E-state index contributed by atoms with van der Waals surface area (Å²) < 4.78 is 48.2. The molecule has 0 saturated heterocycles. The zero-order valence-corrected chi connectivity index (χ0v) is 16.4. The molecule has 0 aliphatic carbocycles. The van der Waals surface area contributed by atoms with Crippen molar-refractivity contribution in [2.45, 2.75) is 12.6 Å². The zero-order chi connectivity index (χ0) is 20.7. The van der Waals surface area contributed by atoms with Gasteiger partial charge in [0, 0.05) is 17.0 Å². The average molecular weight is 460 g/mol. The van der Waals surface area contributed by atoms with Crippen LogP contribution in [0.15, 0.2) is 42.5 Å². The Labute approximate surface area is 168 Å². The number of hydrogen-bond donors (Lipinski definition) is 1. The summed E-state index contributed by atoms with van der Waals surface area (Å²) in [5.41, 5.74) is -0.625. The van der Waals surface area contributed by atoms with E-state index in [0.717, 1.165) is 36.0 Å². The first-order chi connectivity index (χ1) is 13.3. The molecule has 1 amide bonds. The number of carbonyl (C=O) groups excluding carboxylic acids is 2. The maximum Gasteiger partial charge on any atom is 0.416 e. The van der Waals surface area contributed by atoms with Gasteiger partial charge in [-0.2, -0.15) is 13.2 Å². The van der Waals surface area contributed by atoms with Crippen molar-refractivity contribution in [1.29, 1.82) is 0 Å². The monoisotopic (exact) mass is 459 g/mol. The fraction of sp³-hybridized carbons (Fsp3) is 0.263. The van der Waals surface area contributed by atoms with E-state index in [4.69, 9.17) is 9.47 Å². The molecule has 0 unspecified atom stereocenters. The molecule has 9 heteroatoms. The summed E-state index contributed by atoms with van der Waals surface area (Å²) in [6.45, 7) is 0.426. The topological polar surface area (TPSA) is 64.6 Å². The SMILES string of the molecule is COC(=O)c1ccc(OCCCBr)cc1NC(=O)c1ccc(C(F)(F)F)cc1. The molecule has 1 N–H and O–H groups in total. The summed E-state index contributed by atoms with van der Waals surface area (Å²) in [6.07, 6.45) is -3.74. The van der Waals surface area contributed by atoms with E-state index in [2.05, 4.69) is 21.2 Å². The van der Waals surface area contributed by atoms with Crippen LogP contribution >= 0.6 is 15.9 Å². The predicted octanol–water partition coefficient (Wildman–Crippen LogP) is 4.91. The molecule has 0 heterocycles. The second-order valence-corrected chi connectivity index (χ2v) is 6.41. The van der Waals surface area contributed by atoms with Gasteiger partial charge >= 0.3 is 12.1 Å². The molecular formula is C19H17BrF3NO4. The highest BCUT2D eigenvalue weighted by atomic mass is 79.9. The second kappa shape index (κ2) is 9.59. The minimum Gasteiger partial charge on any atom is -0.493 e. The molecule has 0 bridgehead atoms. The smallest absolute Gasteiger partial charge is 0.416 e. The minimum atomic E-state index is -4.49. The number of hydrogen-bond acceptors (Lipinski definition) is 4. The third kappa shape index (κ3) is 5.72.